The van der Waals surface area contributed by atoms with E-state index in [4.69, 9.17) is 5.84 Å². The summed E-state index contributed by atoms with van der Waals surface area (Å²) in [5, 5.41) is 0. The van der Waals surface area contributed by atoms with Crippen molar-refractivity contribution in [1.29, 1.82) is 0 Å². The molecule has 1 rings (SSSR count). The van der Waals surface area contributed by atoms with E-state index in [0.29, 0.717) is 17.4 Å². The van der Waals surface area contributed by atoms with Crippen LogP contribution in [0.2, 0.25) is 0 Å². The topological polar surface area (TPSA) is 38.0 Å². The van der Waals surface area contributed by atoms with E-state index in [9.17, 15) is 0 Å². The third-order valence-corrected chi connectivity index (χ3v) is 5.34. The smallest absolute Gasteiger partial charge is 0.0241 e. The Morgan fingerprint density at radius 2 is 1.72 bits per heavy atom. The standard InChI is InChI=1S/C16H34N2/c1-6-13-7-9-14(10-8-13)15(18-17)11-12(2)16(3,4)5/h12-15,18H,6-11,17H2,1-5H3. The maximum atomic E-state index is 5.81. The average Bonchev–Trinajstić information content (AvgIpc) is 2.34. The molecule has 0 aliphatic heterocycles. The van der Waals surface area contributed by atoms with E-state index >= 15 is 0 Å². The maximum absolute atomic E-state index is 5.81. The average molecular weight is 254 g/mol. The Bertz CT molecular complexity index is 224. The number of nitrogens with one attached hydrogen (secondary N) is 1. The highest BCUT2D eigenvalue weighted by molar-refractivity contribution is 4.84. The maximum Gasteiger partial charge on any atom is 0.0241 e. The van der Waals surface area contributed by atoms with Crippen LogP contribution in [0.5, 0.6) is 0 Å². The Morgan fingerprint density at radius 3 is 2.11 bits per heavy atom. The van der Waals surface area contributed by atoms with Gasteiger partial charge in [0.15, 0.2) is 0 Å². The van der Waals surface area contributed by atoms with Gasteiger partial charge < -0.3 is 0 Å². The van der Waals surface area contributed by atoms with Gasteiger partial charge >= 0.3 is 0 Å². The fourth-order valence-corrected chi connectivity index (χ4v) is 3.13. The van der Waals surface area contributed by atoms with Crippen molar-refractivity contribution in [1.82, 2.24) is 5.43 Å². The van der Waals surface area contributed by atoms with Gasteiger partial charge in [-0.25, -0.2) is 0 Å². The number of hydrogen-bond donors (Lipinski definition) is 2. The Kier molecular flexibility index (Phi) is 6.13. The quantitative estimate of drug-likeness (QED) is 0.572. The second-order valence-corrected chi connectivity index (χ2v) is 7.46. The summed E-state index contributed by atoms with van der Waals surface area (Å²) in [6.07, 6.45) is 8.11. The summed E-state index contributed by atoms with van der Waals surface area (Å²) in [5.41, 5.74) is 3.49. The Morgan fingerprint density at radius 1 is 1.17 bits per heavy atom. The predicted molar refractivity (Wildman–Crippen MR) is 80.1 cm³/mol. The van der Waals surface area contributed by atoms with Crippen molar-refractivity contribution in [3.63, 3.8) is 0 Å². The first-order chi connectivity index (χ1) is 8.38. The van der Waals surface area contributed by atoms with Gasteiger partial charge in [0.2, 0.25) is 0 Å². The molecule has 0 heterocycles. The molecular weight excluding hydrogens is 220 g/mol. The van der Waals surface area contributed by atoms with Crippen LogP contribution in [0.25, 0.3) is 0 Å². The molecule has 1 fully saturated rings. The minimum Gasteiger partial charge on any atom is -0.271 e. The van der Waals surface area contributed by atoms with Gasteiger partial charge in [-0.05, 0) is 42.4 Å². The molecule has 18 heavy (non-hydrogen) atoms. The van der Waals surface area contributed by atoms with Gasteiger partial charge in [-0.15, -0.1) is 0 Å². The van der Waals surface area contributed by atoms with Gasteiger partial charge in [0.25, 0.3) is 0 Å². The monoisotopic (exact) mass is 254 g/mol. The first-order valence-electron chi connectivity index (χ1n) is 7.84. The summed E-state index contributed by atoms with van der Waals surface area (Å²) < 4.78 is 0. The second kappa shape index (κ2) is 6.91. The van der Waals surface area contributed by atoms with E-state index in [-0.39, 0.29) is 0 Å². The van der Waals surface area contributed by atoms with Crippen LogP contribution >= 0.6 is 0 Å². The molecule has 1 aliphatic carbocycles. The number of nitrogens with two attached hydrogens (primary N) is 1. The molecule has 1 aliphatic rings. The van der Waals surface area contributed by atoms with Crippen LogP contribution in [0.1, 0.15) is 73.1 Å². The Balaban J connectivity index is 2.47. The molecule has 0 aromatic heterocycles. The van der Waals surface area contributed by atoms with Crippen LogP contribution in [0.4, 0.5) is 0 Å². The van der Waals surface area contributed by atoms with Gasteiger partial charge in [-0.3, -0.25) is 11.3 Å². The Hall–Kier alpha value is -0.0800. The second-order valence-electron chi connectivity index (χ2n) is 7.46. The van der Waals surface area contributed by atoms with E-state index in [1.807, 2.05) is 0 Å². The van der Waals surface area contributed by atoms with Crippen molar-refractivity contribution < 1.29 is 0 Å². The molecule has 2 atom stereocenters. The van der Waals surface area contributed by atoms with Crippen LogP contribution in [-0.4, -0.2) is 6.04 Å². The van der Waals surface area contributed by atoms with Gasteiger partial charge in [0, 0.05) is 6.04 Å². The van der Waals surface area contributed by atoms with Crippen molar-refractivity contribution in [2.45, 2.75) is 79.2 Å². The van der Waals surface area contributed by atoms with E-state index in [1.165, 1.54) is 38.5 Å². The third kappa shape index (κ3) is 4.55. The molecule has 0 bridgehead atoms. The van der Waals surface area contributed by atoms with Crippen molar-refractivity contribution in [2.24, 2.45) is 29.0 Å². The van der Waals surface area contributed by atoms with E-state index < -0.39 is 0 Å². The lowest BCUT2D eigenvalue weighted by Gasteiger charge is -2.37. The number of hydrazine groups is 1. The molecule has 0 radical (unpaired) electrons. The van der Waals surface area contributed by atoms with Crippen LogP contribution in [0, 0.1) is 23.2 Å². The van der Waals surface area contributed by atoms with Crippen molar-refractivity contribution in [3.05, 3.63) is 0 Å². The fraction of sp³-hybridized carbons (Fsp3) is 1.00. The molecular formula is C16H34N2. The van der Waals surface area contributed by atoms with E-state index in [0.717, 1.165) is 11.8 Å². The molecule has 0 amide bonds. The summed E-state index contributed by atoms with van der Waals surface area (Å²) in [4.78, 5) is 0. The van der Waals surface area contributed by atoms with E-state index in [1.54, 1.807) is 0 Å². The predicted octanol–water partition coefficient (Wildman–Crippen LogP) is 4.11. The summed E-state index contributed by atoms with van der Waals surface area (Å²) in [7, 11) is 0. The van der Waals surface area contributed by atoms with Gasteiger partial charge in [-0.2, -0.15) is 0 Å². The van der Waals surface area contributed by atoms with Crippen LogP contribution < -0.4 is 11.3 Å². The molecule has 108 valence electrons. The minimum absolute atomic E-state index is 0.385. The van der Waals surface area contributed by atoms with Crippen molar-refractivity contribution in [3.8, 4) is 0 Å². The highest BCUT2D eigenvalue weighted by atomic mass is 15.2. The van der Waals surface area contributed by atoms with Gasteiger partial charge in [0.05, 0.1) is 0 Å². The summed E-state index contributed by atoms with van der Waals surface area (Å²) in [6.45, 7) is 11.7. The third-order valence-electron chi connectivity index (χ3n) is 5.34. The normalized spacial score (nSPS) is 29.0. The lowest BCUT2D eigenvalue weighted by atomic mass is 9.72. The number of rotatable bonds is 5. The highest BCUT2D eigenvalue weighted by Gasteiger charge is 2.30. The molecule has 1 saturated carbocycles. The zero-order valence-electron chi connectivity index (χ0n) is 13.1. The molecule has 3 N–H and O–H groups in total. The highest BCUT2D eigenvalue weighted by Crippen LogP contribution is 2.36. The number of hydrogen-bond acceptors (Lipinski definition) is 2. The van der Waals surface area contributed by atoms with E-state index in [2.05, 4.69) is 40.0 Å². The first-order valence-corrected chi connectivity index (χ1v) is 7.84. The SMILES string of the molecule is CCC1CCC(C(CC(C)C(C)(C)C)NN)CC1. The van der Waals surface area contributed by atoms with Crippen molar-refractivity contribution >= 4 is 0 Å². The van der Waals surface area contributed by atoms with Crippen LogP contribution in [0.15, 0.2) is 0 Å². The molecule has 0 aromatic rings. The molecule has 0 spiro atoms. The lowest BCUT2D eigenvalue weighted by molar-refractivity contribution is 0.161. The van der Waals surface area contributed by atoms with Gasteiger partial charge in [-0.1, -0.05) is 53.9 Å². The molecule has 0 saturated heterocycles. The summed E-state index contributed by atoms with van der Waals surface area (Å²) in [5.74, 6) is 8.29. The minimum atomic E-state index is 0.385. The fourth-order valence-electron chi connectivity index (χ4n) is 3.13. The van der Waals surface area contributed by atoms with Crippen molar-refractivity contribution in [2.75, 3.05) is 0 Å². The van der Waals surface area contributed by atoms with Crippen LogP contribution in [0.3, 0.4) is 0 Å². The Labute approximate surface area is 114 Å². The summed E-state index contributed by atoms with van der Waals surface area (Å²) >= 11 is 0. The largest absolute Gasteiger partial charge is 0.271 e. The summed E-state index contributed by atoms with van der Waals surface area (Å²) in [6, 6.07) is 0.511. The first kappa shape index (κ1) is 16.0. The molecule has 2 nitrogen and oxygen atoms in total. The lowest BCUT2D eigenvalue weighted by Crippen LogP contribution is -2.44. The zero-order chi connectivity index (χ0) is 13.8. The van der Waals surface area contributed by atoms with Crippen LogP contribution in [-0.2, 0) is 0 Å². The van der Waals surface area contributed by atoms with Gasteiger partial charge in [0.1, 0.15) is 0 Å². The molecule has 2 heteroatoms. The zero-order valence-corrected chi connectivity index (χ0v) is 13.1. The molecule has 2 unspecified atom stereocenters. The molecule has 0 aromatic carbocycles.